The molecule has 0 aliphatic carbocycles. The van der Waals surface area contributed by atoms with Crippen LogP contribution >= 0.6 is 11.6 Å². The summed E-state index contributed by atoms with van der Waals surface area (Å²) in [5, 5.41) is 3.24. The van der Waals surface area contributed by atoms with Crippen LogP contribution in [0.1, 0.15) is 25.0 Å². The fourth-order valence-electron chi connectivity index (χ4n) is 5.04. The fraction of sp³-hybridized carbons (Fsp3) is 0.278. The molecule has 0 aliphatic rings. The molecule has 0 aliphatic heterocycles. The monoisotopic (exact) mass is 677 g/mol. The van der Waals surface area contributed by atoms with Crippen LogP contribution in [0.25, 0.3) is 0 Å². The van der Waals surface area contributed by atoms with Gasteiger partial charge in [0.2, 0.25) is 11.8 Å². The van der Waals surface area contributed by atoms with Crippen LogP contribution in [0, 0.1) is 5.92 Å². The van der Waals surface area contributed by atoms with E-state index in [0.29, 0.717) is 17.9 Å². The van der Waals surface area contributed by atoms with Gasteiger partial charge in [-0.05, 0) is 59.5 Å². The van der Waals surface area contributed by atoms with Crippen LogP contribution in [-0.2, 0) is 32.6 Å². The first-order valence-corrected chi connectivity index (χ1v) is 17.0. The number of ether oxygens (including phenoxy) is 2. The standard InChI is InChI=1S/C36H40ClN3O6S/c1-26(2)23-38-36(42)33(21-27-12-7-5-8-13-27)39(24-28-14-11-15-30(20-28)45-3)35(41)25-40(32-22-29(37)18-19-34(32)46-4)47(43,44)31-16-9-6-10-17-31/h5-20,22,26,33H,21,23-25H2,1-4H3,(H,38,42)/t33-/m0/s1. The Bertz CT molecular complexity index is 1750. The zero-order valence-electron chi connectivity index (χ0n) is 26.9. The lowest BCUT2D eigenvalue weighted by atomic mass is 10.0. The van der Waals surface area contributed by atoms with Crippen LogP contribution in [0.15, 0.2) is 108 Å². The van der Waals surface area contributed by atoms with E-state index in [1.165, 1.54) is 30.2 Å². The zero-order chi connectivity index (χ0) is 34.0. The number of hydrogen-bond acceptors (Lipinski definition) is 6. The van der Waals surface area contributed by atoms with Gasteiger partial charge in [-0.3, -0.25) is 13.9 Å². The molecule has 47 heavy (non-hydrogen) atoms. The summed E-state index contributed by atoms with van der Waals surface area (Å²) < 4.78 is 40.4. The average Bonchev–Trinajstić information content (AvgIpc) is 3.08. The molecule has 0 spiro atoms. The maximum Gasteiger partial charge on any atom is 0.264 e. The van der Waals surface area contributed by atoms with E-state index in [4.69, 9.17) is 21.1 Å². The second-order valence-electron chi connectivity index (χ2n) is 11.4. The van der Waals surface area contributed by atoms with Crippen molar-refractivity contribution in [3.63, 3.8) is 0 Å². The molecule has 0 bridgehead atoms. The molecule has 4 aromatic carbocycles. The number of amides is 2. The number of halogens is 1. The minimum Gasteiger partial charge on any atom is -0.497 e. The zero-order valence-corrected chi connectivity index (χ0v) is 28.5. The third-order valence-electron chi connectivity index (χ3n) is 7.46. The van der Waals surface area contributed by atoms with Crippen LogP contribution in [0.4, 0.5) is 5.69 Å². The van der Waals surface area contributed by atoms with Crippen molar-refractivity contribution in [3.05, 3.63) is 119 Å². The molecule has 0 saturated carbocycles. The summed E-state index contributed by atoms with van der Waals surface area (Å²) in [5.41, 5.74) is 1.62. The molecule has 0 saturated heterocycles. The Morgan fingerprint density at radius 1 is 0.830 bits per heavy atom. The van der Waals surface area contributed by atoms with Gasteiger partial charge in [-0.2, -0.15) is 0 Å². The summed E-state index contributed by atoms with van der Waals surface area (Å²) in [6, 6.07) is 28.0. The van der Waals surface area contributed by atoms with Crippen LogP contribution in [0.5, 0.6) is 11.5 Å². The molecule has 1 atom stereocenters. The normalized spacial score (nSPS) is 11.9. The molecule has 4 rings (SSSR count). The number of rotatable bonds is 15. The molecule has 0 fully saturated rings. The molecule has 0 unspecified atom stereocenters. The Hall–Kier alpha value is -4.54. The van der Waals surface area contributed by atoms with Gasteiger partial charge < -0.3 is 19.7 Å². The number of nitrogens with zero attached hydrogens (tertiary/aromatic N) is 2. The van der Waals surface area contributed by atoms with E-state index in [-0.39, 0.29) is 46.1 Å². The van der Waals surface area contributed by atoms with Crippen LogP contribution in [0.3, 0.4) is 0 Å². The number of anilines is 1. The SMILES string of the molecule is COc1cccc(CN(C(=O)CN(c2cc(Cl)ccc2OC)S(=O)(=O)c2ccccc2)[C@@H](Cc2ccccc2)C(=O)NCC(C)C)c1. The number of methoxy groups -OCH3 is 2. The number of nitrogens with one attached hydrogen (secondary N) is 1. The highest BCUT2D eigenvalue weighted by molar-refractivity contribution is 7.92. The molecule has 9 nitrogen and oxygen atoms in total. The Kier molecular flexibility index (Phi) is 12.3. The minimum absolute atomic E-state index is 0.00847. The van der Waals surface area contributed by atoms with Crippen molar-refractivity contribution in [2.24, 2.45) is 5.92 Å². The van der Waals surface area contributed by atoms with Gasteiger partial charge in [-0.25, -0.2) is 8.42 Å². The Balaban J connectivity index is 1.85. The smallest absolute Gasteiger partial charge is 0.264 e. The Morgan fingerprint density at radius 2 is 1.49 bits per heavy atom. The summed E-state index contributed by atoms with van der Waals surface area (Å²) in [7, 11) is -1.36. The number of sulfonamides is 1. The highest BCUT2D eigenvalue weighted by Crippen LogP contribution is 2.35. The molecule has 2 amide bonds. The maximum absolute atomic E-state index is 14.7. The molecule has 0 radical (unpaired) electrons. The van der Waals surface area contributed by atoms with Gasteiger partial charge in [0, 0.05) is 24.5 Å². The molecule has 1 N–H and O–H groups in total. The second-order valence-corrected chi connectivity index (χ2v) is 13.7. The van der Waals surface area contributed by atoms with Gasteiger partial charge in [0.1, 0.15) is 24.1 Å². The first-order valence-electron chi connectivity index (χ1n) is 15.2. The van der Waals surface area contributed by atoms with Gasteiger partial charge in [-0.15, -0.1) is 0 Å². The average molecular weight is 678 g/mol. The first-order chi connectivity index (χ1) is 22.5. The summed E-state index contributed by atoms with van der Waals surface area (Å²) in [6.45, 7) is 3.74. The molecule has 248 valence electrons. The quantitative estimate of drug-likeness (QED) is 0.166. The van der Waals surface area contributed by atoms with Crippen LogP contribution in [-0.4, -0.2) is 58.5 Å². The van der Waals surface area contributed by atoms with E-state index in [0.717, 1.165) is 9.87 Å². The number of benzene rings is 4. The topological polar surface area (TPSA) is 105 Å². The number of carbonyl (C=O) groups excluding carboxylic acids is 2. The van der Waals surface area contributed by atoms with Gasteiger partial charge >= 0.3 is 0 Å². The molecule has 11 heteroatoms. The maximum atomic E-state index is 14.7. The van der Waals surface area contributed by atoms with Crippen molar-refractivity contribution < 1.29 is 27.5 Å². The van der Waals surface area contributed by atoms with Gasteiger partial charge in [0.05, 0.1) is 24.8 Å². The Labute approximate surface area is 282 Å². The summed E-state index contributed by atoms with van der Waals surface area (Å²) in [4.78, 5) is 30.0. The van der Waals surface area contributed by atoms with Crippen LogP contribution < -0.4 is 19.1 Å². The fourth-order valence-corrected chi connectivity index (χ4v) is 6.64. The van der Waals surface area contributed by atoms with Crippen molar-refractivity contribution in [3.8, 4) is 11.5 Å². The van der Waals surface area contributed by atoms with Crippen molar-refractivity contribution >= 4 is 39.1 Å². The molecule has 0 heterocycles. The van der Waals surface area contributed by atoms with E-state index >= 15 is 0 Å². The highest BCUT2D eigenvalue weighted by atomic mass is 35.5. The summed E-state index contributed by atoms with van der Waals surface area (Å²) in [6.07, 6.45) is 0.201. The Morgan fingerprint density at radius 3 is 2.13 bits per heavy atom. The minimum atomic E-state index is -4.32. The number of hydrogen-bond donors (Lipinski definition) is 1. The van der Waals surface area contributed by atoms with Crippen molar-refractivity contribution in [1.29, 1.82) is 0 Å². The predicted molar refractivity (Wildman–Crippen MR) is 184 cm³/mol. The van der Waals surface area contributed by atoms with E-state index in [1.54, 1.807) is 55.6 Å². The van der Waals surface area contributed by atoms with Gasteiger partial charge in [-0.1, -0.05) is 86.1 Å². The van der Waals surface area contributed by atoms with E-state index in [9.17, 15) is 18.0 Å². The third-order valence-corrected chi connectivity index (χ3v) is 9.47. The lowest BCUT2D eigenvalue weighted by Crippen LogP contribution is -2.53. The molecular weight excluding hydrogens is 638 g/mol. The summed E-state index contributed by atoms with van der Waals surface area (Å²) >= 11 is 6.35. The van der Waals surface area contributed by atoms with Gasteiger partial charge in [0.25, 0.3) is 10.0 Å². The molecule has 4 aromatic rings. The van der Waals surface area contributed by atoms with Crippen molar-refractivity contribution in [2.45, 2.75) is 37.8 Å². The number of carbonyl (C=O) groups is 2. The van der Waals surface area contributed by atoms with E-state index in [2.05, 4.69) is 5.32 Å². The lowest BCUT2D eigenvalue weighted by molar-refractivity contribution is -0.140. The molecular formula is C36H40ClN3O6S. The largest absolute Gasteiger partial charge is 0.497 e. The molecule has 0 aromatic heterocycles. The van der Waals surface area contributed by atoms with Crippen molar-refractivity contribution in [2.75, 3.05) is 31.6 Å². The van der Waals surface area contributed by atoms with E-state index < -0.39 is 28.5 Å². The second kappa shape index (κ2) is 16.3. The van der Waals surface area contributed by atoms with Gasteiger partial charge in [0.15, 0.2) is 0 Å². The van der Waals surface area contributed by atoms with Crippen molar-refractivity contribution in [1.82, 2.24) is 10.2 Å². The summed E-state index contributed by atoms with van der Waals surface area (Å²) in [5.74, 6) is -0.000441. The third kappa shape index (κ3) is 9.27. The first kappa shape index (κ1) is 35.3. The predicted octanol–water partition coefficient (Wildman–Crippen LogP) is 5.96. The van der Waals surface area contributed by atoms with E-state index in [1.807, 2.05) is 50.2 Å². The van der Waals surface area contributed by atoms with Crippen LogP contribution in [0.2, 0.25) is 5.02 Å². The highest BCUT2D eigenvalue weighted by Gasteiger charge is 2.35. The lowest BCUT2D eigenvalue weighted by Gasteiger charge is -2.34.